The fourth-order valence-electron chi connectivity index (χ4n) is 2.47. The van der Waals surface area contributed by atoms with E-state index in [0.29, 0.717) is 18.1 Å². The summed E-state index contributed by atoms with van der Waals surface area (Å²) in [4.78, 5) is 25.7. The Labute approximate surface area is 175 Å². The number of rotatable bonds is 10. The molecule has 0 heterocycles. The number of sulfonamides is 1. The third-order valence-electron chi connectivity index (χ3n) is 4.05. The van der Waals surface area contributed by atoms with Crippen molar-refractivity contribution >= 4 is 33.5 Å². The molecule has 2 aromatic rings. The van der Waals surface area contributed by atoms with Crippen molar-refractivity contribution < 1.29 is 22.7 Å². The largest absolute Gasteiger partial charge is 0.456 e. The summed E-state index contributed by atoms with van der Waals surface area (Å²) in [6.45, 7) is 2.22. The number of likely N-dealkylation sites (N-methyl/N-ethyl adjacent to an activating group) is 1. The highest BCUT2D eigenvalue weighted by atomic mass is 35.5. The summed E-state index contributed by atoms with van der Waals surface area (Å²) < 4.78 is 31.5. The maximum Gasteiger partial charge on any atom is 0.307 e. The molecule has 156 valence electrons. The molecule has 0 atom stereocenters. The van der Waals surface area contributed by atoms with E-state index in [-0.39, 0.29) is 30.4 Å². The number of esters is 1. The van der Waals surface area contributed by atoms with Gasteiger partial charge in [-0.2, -0.15) is 0 Å². The van der Waals surface area contributed by atoms with Crippen LogP contribution in [-0.2, 0) is 30.9 Å². The number of carbonyl (C=O) groups is 2. The van der Waals surface area contributed by atoms with Crippen molar-refractivity contribution in [2.45, 2.75) is 24.8 Å². The molecule has 0 spiro atoms. The van der Waals surface area contributed by atoms with Crippen LogP contribution in [0.25, 0.3) is 0 Å². The molecule has 0 radical (unpaired) electrons. The number of amides is 1. The van der Waals surface area contributed by atoms with Gasteiger partial charge in [0.05, 0.1) is 11.3 Å². The maximum absolute atomic E-state index is 12.3. The minimum Gasteiger partial charge on any atom is -0.456 e. The number of hydrogen-bond acceptors (Lipinski definition) is 5. The predicted molar refractivity (Wildman–Crippen MR) is 110 cm³/mol. The summed E-state index contributed by atoms with van der Waals surface area (Å²) in [7, 11) is -3.75. The molecule has 29 heavy (non-hydrogen) atoms. The van der Waals surface area contributed by atoms with Crippen molar-refractivity contribution in [3.05, 3.63) is 65.2 Å². The van der Waals surface area contributed by atoms with Crippen molar-refractivity contribution in [2.24, 2.45) is 0 Å². The molecule has 0 fully saturated rings. The number of nitrogens with zero attached hydrogens (tertiary/aromatic N) is 1. The normalized spacial score (nSPS) is 11.1. The lowest BCUT2D eigenvalue weighted by Crippen LogP contribution is -2.34. The number of carbonyl (C=O) groups excluding carboxylic acids is 2. The van der Waals surface area contributed by atoms with E-state index in [1.807, 2.05) is 37.3 Å². The third kappa shape index (κ3) is 7.49. The molecule has 1 N–H and O–H groups in total. The van der Waals surface area contributed by atoms with E-state index < -0.39 is 16.0 Å². The fraction of sp³-hybridized carbons (Fsp3) is 0.300. The Bertz CT molecular complexity index is 918. The number of nitrogens with one attached hydrogen (secondary N) is 1. The van der Waals surface area contributed by atoms with Crippen LogP contribution in [0.5, 0.6) is 0 Å². The molecule has 0 aliphatic carbocycles. The van der Waals surface area contributed by atoms with Crippen LogP contribution in [0.4, 0.5) is 0 Å². The van der Waals surface area contributed by atoms with Gasteiger partial charge >= 0.3 is 5.97 Å². The summed E-state index contributed by atoms with van der Waals surface area (Å²) in [5.74, 6) is -0.973. The second kappa shape index (κ2) is 10.9. The third-order valence-corrected chi connectivity index (χ3v) is 5.78. The number of halogens is 1. The van der Waals surface area contributed by atoms with Crippen LogP contribution in [-0.4, -0.2) is 44.9 Å². The van der Waals surface area contributed by atoms with Gasteiger partial charge in [-0.25, -0.2) is 13.1 Å². The summed E-state index contributed by atoms with van der Waals surface area (Å²) in [6.07, 6.45) is -0.190. The van der Waals surface area contributed by atoms with Gasteiger partial charge in [0, 0.05) is 24.7 Å². The molecular formula is C20H23ClN2O5S. The second-order valence-corrected chi connectivity index (χ2v) is 8.36. The van der Waals surface area contributed by atoms with Crippen molar-refractivity contribution in [1.82, 2.24) is 9.62 Å². The van der Waals surface area contributed by atoms with E-state index in [1.54, 1.807) is 4.90 Å². The molecule has 0 saturated heterocycles. The van der Waals surface area contributed by atoms with Crippen LogP contribution in [0.2, 0.25) is 5.02 Å². The van der Waals surface area contributed by atoms with Gasteiger partial charge in [-0.05, 0) is 36.8 Å². The number of benzene rings is 2. The Balaban J connectivity index is 1.75. The van der Waals surface area contributed by atoms with E-state index in [4.69, 9.17) is 16.3 Å². The Morgan fingerprint density at radius 3 is 2.34 bits per heavy atom. The lowest BCUT2D eigenvalue weighted by molar-refractivity contribution is -0.152. The zero-order chi connectivity index (χ0) is 21.3. The zero-order valence-electron chi connectivity index (χ0n) is 16.0. The second-order valence-electron chi connectivity index (χ2n) is 6.16. The summed E-state index contributed by atoms with van der Waals surface area (Å²) in [5, 5.41) is 0.422. The van der Waals surface area contributed by atoms with E-state index in [2.05, 4.69) is 4.72 Å². The molecule has 0 aliphatic rings. The standard InChI is InChI=1S/C20H23ClN2O5S/c1-2-23(14-16-6-4-3-5-7-16)19(24)15-28-20(25)12-13-22-29(26,27)18-10-8-17(21)9-11-18/h3-11,22H,2,12-15H2,1H3. The average molecular weight is 439 g/mol. The van der Waals surface area contributed by atoms with Crippen LogP contribution < -0.4 is 4.72 Å². The molecule has 0 bridgehead atoms. The SMILES string of the molecule is CCN(Cc1ccccc1)C(=O)COC(=O)CCNS(=O)(=O)c1ccc(Cl)cc1. The van der Waals surface area contributed by atoms with Gasteiger partial charge in [-0.15, -0.1) is 0 Å². The van der Waals surface area contributed by atoms with Crippen molar-refractivity contribution in [2.75, 3.05) is 19.7 Å². The maximum atomic E-state index is 12.3. The molecule has 9 heteroatoms. The summed E-state index contributed by atoms with van der Waals surface area (Å²) in [6, 6.07) is 15.2. The van der Waals surface area contributed by atoms with Gasteiger partial charge in [-0.3, -0.25) is 9.59 Å². The van der Waals surface area contributed by atoms with Crippen LogP contribution in [0.15, 0.2) is 59.5 Å². The predicted octanol–water partition coefficient (Wildman–Crippen LogP) is 2.60. The minimum atomic E-state index is -3.75. The van der Waals surface area contributed by atoms with Crippen LogP contribution >= 0.6 is 11.6 Å². The van der Waals surface area contributed by atoms with Gasteiger partial charge in [-0.1, -0.05) is 41.9 Å². The first-order valence-corrected chi connectivity index (χ1v) is 10.9. The van der Waals surface area contributed by atoms with Gasteiger partial charge in [0.25, 0.3) is 5.91 Å². The lowest BCUT2D eigenvalue weighted by Gasteiger charge is -2.20. The van der Waals surface area contributed by atoms with E-state index in [9.17, 15) is 18.0 Å². The van der Waals surface area contributed by atoms with Gasteiger partial charge in [0.2, 0.25) is 10.0 Å². The topological polar surface area (TPSA) is 92.8 Å². The summed E-state index contributed by atoms with van der Waals surface area (Å²) in [5.41, 5.74) is 0.977. The number of hydrogen-bond donors (Lipinski definition) is 1. The molecule has 0 saturated carbocycles. The van der Waals surface area contributed by atoms with Gasteiger partial charge in [0.1, 0.15) is 0 Å². The van der Waals surface area contributed by atoms with E-state index in [0.717, 1.165) is 5.56 Å². The fourth-order valence-corrected chi connectivity index (χ4v) is 3.63. The Morgan fingerprint density at radius 2 is 1.72 bits per heavy atom. The van der Waals surface area contributed by atoms with Gasteiger partial charge in [0.15, 0.2) is 6.61 Å². The Hall–Kier alpha value is -2.42. The first-order valence-electron chi connectivity index (χ1n) is 9.04. The first-order chi connectivity index (χ1) is 13.8. The van der Waals surface area contributed by atoms with Crippen molar-refractivity contribution in [1.29, 1.82) is 0 Å². The quantitative estimate of drug-likeness (QED) is 0.575. The lowest BCUT2D eigenvalue weighted by atomic mass is 10.2. The van der Waals surface area contributed by atoms with E-state index in [1.165, 1.54) is 24.3 Å². The molecule has 0 aromatic heterocycles. The van der Waals surface area contributed by atoms with Crippen LogP contribution in [0.3, 0.4) is 0 Å². The minimum absolute atomic E-state index is 0.0462. The molecule has 2 aromatic carbocycles. The monoisotopic (exact) mass is 438 g/mol. The molecule has 0 aliphatic heterocycles. The Kier molecular flexibility index (Phi) is 8.63. The average Bonchev–Trinajstić information content (AvgIpc) is 2.71. The molecular weight excluding hydrogens is 416 g/mol. The van der Waals surface area contributed by atoms with Crippen molar-refractivity contribution in [3.8, 4) is 0 Å². The Morgan fingerprint density at radius 1 is 1.07 bits per heavy atom. The van der Waals surface area contributed by atoms with E-state index >= 15 is 0 Å². The van der Waals surface area contributed by atoms with Crippen molar-refractivity contribution in [3.63, 3.8) is 0 Å². The highest BCUT2D eigenvalue weighted by molar-refractivity contribution is 7.89. The molecule has 2 rings (SSSR count). The highest BCUT2D eigenvalue weighted by Crippen LogP contribution is 2.13. The number of ether oxygens (including phenoxy) is 1. The first kappa shape index (κ1) is 22.9. The summed E-state index contributed by atoms with van der Waals surface area (Å²) >= 11 is 5.74. The molecule has 0 unspecified atom stereocenters. The smallest absolute Gasteiger partial charge is 0.307 e. The molecule has 1 amide bonds. The van der Waals surface area contributed by atoms with Gasteiger partial charge < -0.3 is 9.64 Å². The zero-order valence-corrected chi connectivity index (χ0v) is 17.6. The molecule has 7 nitrogen and oxygen atoms in total. The van der Waals surface area contributed by atoms with Crippen LogP contribution in [0, 0.1) is 0 Å². The highest BCUT2D eigenvalue weighted by Gasteiger charge is 2.17. The van der Waals surface area contributed by atoms with Crippen LogP contribution in [0.1, 0.15) is 18.9 Å².